The fraction of sp³-hybridized carbons (Fsp3) is 0.867. The third-order valence-electron chi connectivity index (χ3n) is 12.3. The number of allylic oxidation sites excluding steroid dienone is 2. The molecule has 0 saturated heterocycles. The van der Waals surface area contributed by atoms with Gasteiger partial charge in [-0.3, -0.25) is 0 Å². The lowest BCUT2D eigenvalue weighted by molar-refractivity contribution is -0.135. The van der Waals surface area contributed by atoms with E-state index in [0.29, 0.717) is 16.7 Å². The number of nitrogens with zero attached hydrogens (tertiary/aromatic N) is 2. The van der Waals surface area contributed by atoms with Crippen molar-refractivity contribution in [2.24, 2.45) is 44.1 Å². The molecule has 1 N–H and O–H groups in total. The fourth-order valence-electron chi connectivity index (χ4n) is 10.6. The SMILES string of the molecule is C/C(=N/O)C1=CC[C@@]2(C)[C@@H]3CC[C@H]4C(C)(C)[C@@H](N(C)C(=O)OC(C)(C)C)CC[C@@]45C[C@@]35CC[C@]12C. The van der Waals surface area contributed by atoms with E-state index in [4.69, 9.17) is 4.74 Å². The number of hydrogen-bond donors (Lipinski definition) is 1. The number of ether oxygens (including phenoxy) is 1. The van der Waals surface area contributed by atoms with E-state index in [0.717, 1.165) is 24.5 Å². The minimum Gasteiger partial charge on any atom is -0.444 e. The van der Waals surface area contributed by atoms with Crippen LogP contribution in [-0.2, 0) is 4.74 Å². The first kappa shape index (κ1) is 25.1. The molecule has 0 unspecified atom stereocenters. The predicted molar refractivity (Wildman–Crippen MR) is 140 cm³/mol. The monoisotopic (exact) mass is 484 g/mol. The summed E-state index contributed by atoms with van der Waals surface area (Å²) < 4.78 is 5.77. The topological polar surface area (TPSA) is 62.1 Å². The molecule has 0 bridgehead atoms. The summed E-state index contributed by atoms with van der Waals surface area (Å²) in [6.07, 6.45) is 12.0. The molecule has 196 valence electrons. The van der Waals surface area contributed by atoms with E-state index in [1.807, 2.05) is 39.6 Å². The van der Waals surface area contributed by atoms with Gasteiger partial charge in [0.25, 0.3) is 0 Å². The van der Waals surface area contributed by atoms with E-state index in [-0.39, 0.29) is 28.4 Å². The first-order chi connectivity index (χ1) is 16.1. The normalized spacial score (nSPS) is 45.9. The Bertz CT molecular complexity index is 992. The molecular weight excluding hydrogens is 436 g/mol. The van der Waals surface area contributed by atoms with Gasteiger partial charge < -0.3 is 14.8 Å². The second-order valence-electron chi connectivity index (χ2n) is 14.9. The summed E-state index contributed by atoms with van der Waals surface area (Å²) in [4.78, 5) is 14.9. The van der Waals surface area contributed by atoms with Crippen molar-refractivity contribution in [3.63, 3.8) is 0 Å². The predicted octanol–water partition coefficient (Wildman–Crippen LogP) is 7.43. The van der Waals surface area contributed by atoms with Crippen molar-refractivity contribution in [2.75, 3.05) is 7.05 Å². The summed E-state index contributed by atoms with van der Waals surface area (Å²) in [6.45, 7) is 17.7. The zero-order valence-corrected chi connectivity index (χ0v) is 23.6. The quantitative estimate of drug-likeness (QED) is 0.252. The Morgan fingerprint density at radius 2 is 1.69 bits per heavy atom. The lowest BCUT2D eigenvalue weighted by Gasteiger charge is -2.63. The molecule has 5 aliphatic carbocycles. The zero-order chi connectivity index (χ0) is 25.8. The van der Waals surface area contributed by atoms with Gasteiger partial charge in [-0.05, 0) is 118 Å². The Morgan fingerprint density at radius 3 is 2.31 bits per heavy atom. The number of carbonyl (C=O) groups excluding carboxylic acids is 1. The number of rotatable bonds is 2. The van der Waals surface area contributed by atoms with E-state index in [1.165, 1.54) is 44.1 Å². The van der Waals surface area contributed by atoms with Crippen molar-refractivity contribution in [2.45, 2.75) is 118 Å². The minimum atomic E-state index is -0.471. The van der Waals surface area contributed by atoms with Gasteiger partial charge in [0.15, 0.2) is 0 Å². The van der Waals surface area contributed by atoms with Crippen LogP contribution in [0.3, 0.4) is 0 Å². The van der Waals surface area contributed by atoms with Gasteiger partial charge in [0, 0.05) is 18.5 Å². The van der Waals surface area contributed by atoms with Gasteiger partial charge >= 0.3 is 6.09 Å². The lowest BCUT2D eigenvalue weighted by Crippen LogP contribution is -2.60. The first-order valence-electron chi connectivity index (χ1n) is 14.0. The van der Waals surface area contributed by atoms with Crippen molar-refractivity contribution < 1.29 is 14.7 Å². The molecule has 5 nitrogen and oxygen atoms in total. The van der Waals surface area contributed by atoms with Crippen LogP contribution < -0.4 is 0 Å². The van der Waals surface area contributed by atoms with Gasteiger partial charge in [0.1, 0.15) is 5.60 Å². The Morgan fingerprint density at radius 1 is 1.06 bits per heavy atom. The molecule has 0 aliphatic heterocycles. The second kappa shape index (κ2) is 7.28. The lowest BCUT2D eigenvalue weighted by atomic mass is 9.42. The van der Waals surface area contributed by atoms with Gasteiger partial charge in [0.2, 0.25) is 0 Å². The van der Waals surface area contributed by atoms with Crippen LogP contribution in [0.15, 0.2) is 16.8 Å². The van der Waals surface area contributed by atoms with Gasteiger partial charge in [-0.1, -0.05) is 38.9 Å². The molecule has 0 heterocycles. The average Bonchev–Trinajstić information content (AvgIpc) is 3.33. The standard InChI is InChI=1S/C30H48N2O3/c1-19(31-34)20-12-14-28(8)22-11-10-21-26(5,6)23(32(9)24(33)35-25(2,3)4)13-15-29(21)18-30(22,29)17-16-27(20,28)7/h12,21-23,34H,10-11,13-18H2,1-9H3/b31-19-/t21-,22-,23-,27+,28-,29+,30-/m0/s1. The van der Waals surface area contributed by atoms with Crippen LogP contribution in [0.5, 0.6) is 0 Å². The van der Waals surface area contributed by atoms with Crippen LogP contribution in [-0.4, -0.2) is 40.6 Å². The smallest absolute Gasteiger partial charge is 0.410 e. The molecule has 5 aliphatic rings. The van der Waals surface area contributed by atoms with E-state index in [1.54, 1.807) is 0 Å². The Hall–Kier alpha value is -1.52. The fourth-order valence-corrected chi connectivity index (χ4v) is 10.6. The molecule has 2 spiro atoms. The number of oxime groups is 1. The third kappa shape index (κ3) is 3.05. The molecule has 0 aromatic carbocycles. The van der Waals surface area contributed by atoms with Crippen LogP contribution in [0, 0.1) is 38.9 Å². The van der Waals surface area contributed by atoms with Crippen LogP contribution >= 0.6 is 0 Å². The highest BCUT2D eigenvalue weighted by atomic mass is 16.6. The summed E-state index contributed by atoms with van der Waals surface area (Å²) in [7, 11) is 1.95. The molecule has 4 fully saturated rings. The highest BCUT2D eigenvalue weighted by Crippen LogP contribution is 2.88. The van der Waals surface area contributed by atoms with E-state index in [9.17, 15) is 10.0 Å². The molecule has 1 amide bonds. The zero-order valence-electron chi connectivity index (χ0n) is 23.6. The van der Waals surface area contributed by atoms with E-state index in [2.05, 4.69) is 38.9 Å². The molecule has 0 aromatic rings. The van der Waals surface area contributed by atoms with Crippen molar-refractivity contribution in [3.8, 4) is 0 Å². The molecule has 5 heteroatoms. The number of amides is 1. The second-order valence-corrected chi connectivity index (χ2v) is 14.9. The Labute approximate surface area is 212 Å². The van der Waals surface area contributed by atoms with Crippen LogP contribution in [0.1, 0.15) is 107 Å². The molecule has 7 atom stereocenters. The van der Waals surface area contributed by atoms with Crippen molar-refractivity contribution >= 4 is 11.8 Å². The summed E-state index contributed by atoms with van der Waals surface area (Å²) in [5.74, 6) is 1.37. The Kier molecular flexibility index (Phi) is 5.23. The molecule has 0 radical (unpaired) electrons. The summed E-state index contributed by atoms with van der Waals surface area (Å²) >= 11 is 0. The van der Waals surface area contributed by atoms with E-state index < -0.39 is 5.60 Å². The van der Waals surface area contributed by atoms with Crippen molar-refractivity contribution in [1.82, 2.24) is 4.90 Å². The maximum absolute atomic E-state index is 13.0. The van der Waals surface area contributed by atoms with E-state index >= 15 is 0 Å². The highest BCUT2D eigenvalue weighted by Gasteiger charge is 2.81. The third-order valence-corrected chi connectivity index (χ3v) is 12.3. The minimum absolute atomic E-state index is 0.0687. The maximum Gasteiger partial charge on any atom is 0.410 e. The number of carbonyl (C=O) groups is 1. The molecule has 0 aromatic heterocycles. The van der Waals surface area contributed by atoms with Crippen LogP contribution in [0.2, 0.25) is 0 Å². The molecule has 4 saturated carbocycles. The maximum atomic E-state index is 13.0. The van der Waals surface area contributed by atoms with Gasteiger partial charge in [0.05, 0.1) is 5.71 Å². The largest absolute Gasteiger partial charge is 0.444 e. The summed E-state index contributed by atoms with van der Waals surface area (Å²) in [5.41, 5.74) is 2.90. The van der Waals surface area contributed by atoms with Crippen LogP contribution in [0.25, 0.3) is 0 Å². The Balaban J connectivity index is 1.42. The van der Waals surface area contributed by atoms with Gasteiger partial charge in [-0.25, -0.2) is 4.79 Å². The highest BCUT2D eigenvalue weighted by molar-refractivity contribution is 5.99. The molecule has 5 rings (SSSR count). The first-order valence-corrected chi connectivity index (χ1v) is 14.0. The number of hydrogen-bond acceptors (Lipinski definition) is 4. The summed E-state index contributed by atoms with van der Waals surface area (Å²) in [5, 5.41) is 13.2. The molecular formula is C30H48N2O3. The van der Waals surface area contributed by atoms with Crippen molar-refractivity contribution in [3.05, 3.63) is 11.6 Å². The van der Waals surface area contributed by atoms with Gasteiger partial charge in [-0.2, -0.15) is 0 Å². The molecule has 35 heavy (non-hydrogen) atoms. The number of fused-ring (bicyclic) bond motifs is 2. The van der Waals surface area contributed by atoms with Crippen LogP contribution in [0.4, 0.5) is 4.79 Å². The average molecular weight is 485 g/mol. The summed E-state index contributed by atoms with van der Waals surface area (Å²) in [6, 6.07) is 0.217. The van der Waals surface area contributed by atoms with Gasteiger partial charge in [-0.15, -0.1) is 0 Å². The van der Waals surface area contributed by atoms with Crippen molar-refractivity contribution in [1.29, 1.82) is 0 Å².